The lowest BCUT2D eigenvalue weighted by molar-refractivity contribution is 0.265. The zero-order valence-corrected chi connectivity index (χ0v) is 14.1. The highest BCUT2D eigenvalue weighted by Gasteiger charge is 2.08. The van der Waals surface area contributed by atoms with Gasteiger partial charge in [-0.3, -0.25) is 0 Å². The predicted molar refractivity (Wildman–Crippen MR) is 95.1 cm³/mol. The van der Waals surface area contributed by atoms with Crippen LogP contribution in [0.15, 0.2) is 36.4 Å². The fraction of sp³-hybridized carbons (Fsp3) is 0.300. The molecule has 24 heavy (non-hydrogen) atoms. The zero-order chi connectivity index (χ0) is 16.8. The molecule has 126 valence electrons. The van der Waals surface area contributed by atoms with Crippen molar-refractivity contribution in [1.82, 2.24) is 0 Å². The Morgan fingerprint density at radius 1 is 0.708 bits per heavy atom. The molecule has 0 fully saturated rings. The number of fused-ring (bicyclic) bond motifs is 2. The van der Waals surface area contributed by atoms with E-state index in [1.165, 1.54) is 0 Å². The van der Waals surface area contributed by atoms with Crippen molar-refractivity contribution in [2.75, 3.05) is 27.4 Å². The van der Waals surface area contributed by atoms with Gasteiger partial charge in [-0.25, -0.2) is 0 Å². The molecule has 0 saturated carbocycles. The molecule has 0 radical (unpaired) electrons. The first-order valence-corrected chi connectivity index (χ1v) is 8.10. The summed E-state index contributed by atoms with van der Waals surface area (Å²) in [6.45, 7) is 1.35. The van der Waals surface area contributed by atoms with Gasteiger partial charge in [-0.15, -0.1) is 0 Å². The molecule has 0 spiro atoms. The Labute approximate surface area is 142 Å². The third-order valence-corrected chi connectivity index (χ3v) is 3.93. The van der Waals surface area contributed by atoms with Crippen LogP contribution in [0.25, 0.3) is 12.2 Å². The van der Waals surface area contributed by atoms with E-state index in [4.69, 9.17) is 18.9 Å². The molecule has 2 aromatic carbocycles. The molecule has 0 atom stereocenters. The molecule has 0 saturated heterocycles. The Morgan fingerprint density at radius 2 is 1.17 bits per heavy atom. The summed E-state index contributed by atoms with van der Waals surface area (Å²) in [5.74, 6) is 3.32. The second kappa shape index (κ2) is 7.77. The summed E-state index contributed by atoms with van der Waals surface area (Å²) in [6.07, 6.45) is 5.92. The minimum absolute atomic E-state index is 0.673. The van der Waals surface area contributed by atoms with E-state index < -0.39 is 0 Å². The lowest BCUT2D eigenvalue weighted by atomic mass is 10.1. The Morgan fingerprint density at radius 3 is 1.58 bits per heavy atom. The van der Waals surface area contributed by atoms with Gasteiger partial charge >= 0.3 is 0 Å². The summed E-state index contributed by atoms with van der Waals surface area (Å²) in [7, 11) is 3.32. The SMILES string of the molecule is COc1ccc2c(c1)/C=C\c1cc(OC)ccc1OCCCCO2. The van der Waals surface area contributed by atoms with Gasteiger partial charge in [0.1, 0.15) is 23.0 Å². The van der Waals surface area contributed by atoms with Crippen LogP contribution in [-0.4, -0.2) is 27.4 Å². The van der Waals surface area contributed by atoms with E-state index in [-0.39, 0.29) is 0 Å². The highest BCUT2D eigenvalue weighted by Crippen LogP contribution is 2.30. The van der Waals surface area contributed by atoms with Crippen molar-refractivity contribution in [3.8, 4) is 23.0 Å². The Balaban J connectivity index is 2.02. The zero-order valence-electron chi connectivity index (χ0n) is 14.1. The van der Waals surface area contributed by atoms with Crippen molar-refractivity contribution in [3.63, 3.8) is 0 Å². The summed E-state index contributed by atoms with van der Waals surface area (Å²) < 4.78 is 22.5. The van der Waals surface area contributed by atoms with E-state index in [1.54, 1.807) is 14.2 Å². The smallest absolute Gasteiger partial charge is 0.126 e. The standard InChI is InChI=1S/C20H22O4/c1-21-17-7-9-19-15(13-17)5-6-16-14-18(22-2)8-10-20(16)24-12-4-3-11-23-19/h5-10,13-14H,3-4,11-12H2,1-2H3/b6-5-. The lowest BCUT2D eigenvalue weighted by Crippen LogP contribution is -2.04. The Kier molecular flexibility index (Phi) is 5.26. The van der Waals surface area contributed by atoms with E-state index in [0.717, 1.165) is 47.0 Å². The van der Waals surface area contributed by atoms with Gasteiger partial charge in [-0.05, 0) is 49.2 Å². The van der Waals surface area contributed by atoms with Gasteiger partial charge in [0.15, 0.2) is 0 Å². The maximum atomic E-state index is 5.91. The summed E-state index contributed by atoms with van der Waals surface area (Å²) in [5.41, 5.74) is 1.95. The largest absolute Gasteiger partial charge is 0.497 e. The molecule has 1 aliphatic heterocycles. The molecule has 1 heterocycles. The molecular weight excluding hydrogens is 304 g/mol. The average molecular weight is 326 g/mol. The maximum absolute atomic E-state index is 5.91. The second-order valence-corrected chi connectivity index (χ2v) is 5.54. The third kappa shape index (κ3) is 3.82. The van der Waals surface area contributed by atoms with Crippen molar-refractivity contribution in [3.05, 3.63) is 47.5 Å². The van der Waals surface area contributed by atoms with E-state index >= 15 is 0 Å². The number of hydrogen-bond donors (Lipinski definition) is 0. The highest BCUT2D eigenvalue weighted by molar-refractivity contribution is 5.76. The topological polar surface area (TPSA) is 36.9 Å². The summed E-state index contributed by atoms with van der Waals surface area (Å²) >= 11 is 0. The van der Waals surface area contributed by atoms with Gasteiger partial charge in [-0.1, -0.05) is 12.2 Å². The summed E-state index contributed by atoms with van der Waals surface area (Å²) in [4.78, 5) is 0. The normalized spacial score (nSPS) is 15.4. The molecule has 0 amide bonds. The first kappa shape index (κ1) is 16.2. The first-order chi connectivity index (χ1) is 11.8. The quantitative estimate of drug-likeness (QED) is 0.818. The van der Waals surface area contributed by atoms with Gasteiger partial charge in [-0.2, -0.15) is 0 Å². The molecule has 2 aromatic rings. The van der Waals surface area contributed by atoms with Crippen LogP contribution in [-0.2, 0) is 0 Å². The van der Waals surface area contributed by atoms with Crippen LogP contribution in [0.2, 0.25) is 0 Å². The third-order valence-electron chi connectivity index (χ3n) is 3.93. The molecular formula is C20H22O4. The summed E-state index contributed by atoms with van der Waals surface area (Å²) in [5, 5.41) is 0. The number of ether oxygens (including phenoxy) is 4. The van der Waals surface area contributed by atoms with Crippen molar-refractivity contribution in [2.45, 2.75) is 12.8 Å². The monoisotopic (exact) mass is 326 g/mol. The van der Waals surface area contributed by atoms with Crippen LogP contribution >= 0.6 is 0 Å². The fourth-order valence-corrected chi connectivity index (χ4v) is 2.58. The van der Waals surface area contributed by atoms with Crippen molar-refractivity contribution in [2.24, 2.45) is 0 Å². The summed E-state index contributed by atoms with van der Waals surface area (Å²) in [6, 6.07) is 11.7. The van der Waals surface area contributed by atoms with Crippen LogP contribution in [0.1, 0.15) is 24.0 Å². The molecule has 0 unspecified atom stereocenters. The molecule has 0 bridgehead atoms. The van der Waals surface area contributed by atoms with E-state index in [1.807, 2.05) is 48.6 Å². The first-order valence-electron chi connectivity index (χ1n) is 8.10. The minimum atomic E-state index is 0.673. The minimum Gasteiger partial charge on any atom is -0.497 e. The van der Waals surface area contributed by atoms with Crippen molar-refractivity contribution in [1.29, 1.82) is 0 Å². The van der Waals surface area contributed by atoms with Crippen LogP contribution in [0.5, 0.6) is 23.0 Å². The Bertz CT molecular complexity index is 660. The lowest BCUT2D eigenvalue weighted by Gasteiger charge is -2.14. The number of rotatable bonds is 2. The number of benzene rings is 2. The molecule has 4 heteroatoms. The second-order valence-electron chi connectivity index (χ2n) is 5.54. The van der Waals surface area contributed by atoms with E-state index in [2.05, 4.69) is 0 Å². The van der Waals surface area contributed by atoms with Crippen LogP contribution < -0.4 is 18.9 Å². The van der Waals surface area contributed by atoms with Gasteiger partial charge in [0.2, 0.25) is 0 Å². The highest BCUT2D eigenvalue weighted by atomic mass is 16.5. The van der Waals surface area contributed by atoms with Gasteiger partial charge in [0.05, 0.1) is 27.4 Å². The van der Waals surface area contributed by atoms with E-state index in [0.29, 0.717) is 13.2 Å². The molecule has 0 N–H and O–H groups in total. The van der Waals surface area contributed by atoms with Gasteiger partial charge < -0.3 is 18.9 Å². The molecule has 1 aliphatic rings. The number of methoxy groups -OCH3 is 2. The van der Waals surface area contributed by atoms with Crippen LogP contribution in [0, 0.1) is 0 Å². The van der Waals surface area contributed by atoms with Gasteiger partial charge in [0, 0.05) is 11.1 Å². The van der Waals surface area contributed by atoms with Crippen LogP contribution in [0.3, 0.4) is 0 Å². The molecule has 0 aliphatic carbocycles. The van der Waals surface area contributed by atoms with E-state index in [9.17, 15) is 0 Å². The van der Waals surface area contributed by atoms with Gasteiger partial charge in [0.25, 0.3) is 0 Å². The van der Waals surface area contributed by atoms with Crippen molar-refractivity contribution < 1.29 is 18.9 Å². The molecule has 3 rings (SSSR count). The fourth-order valence-electron chi connectivity index (χ4n) is 2.58. The maximum Gasteiger partial charge on any atom is 0.126 e. The van der Waals surface area contributed by atoms with Crippen molar-refractivity contribution >= 4 is 12.2 Å². The molecule has 4 nitrogen and oxygen atoms in total. The molecule has 0 aromatic heterocycles. The number of hydrogen-bond acceptors (Lipinski definition) is 4. The Hall–Kier alpha value is -2.62. The average Bonchev–Trinajstić information content (AvgIpc) is 2.62. The van der Waals surface area contributed by atoms with Crippen LogP contribution in [0.4, 0.5) is 0 Å². The predicted octanol–water partition coefficient (Wildman–Crippen LogP) is 4.43.